The lowest BCUT2D eigenvalue weighted by atomic mass is 10.2. The third kappa shape index (κ3) is 3.94. The summed E-state index contributed by atoms with van der Waals surface area (Å²) in [6.45, 7) is 1.30. The molecule has 1 amide bonds. The maximum atomic E-state index is 11.9. The van der Waals surface area contributed by atoms with E-state index in [0.717, 1.165) is 11.5 Å². The number of nitrogens with one attached hydrogen (secondary N) is 1. The Hall–Kier alpha value is -1.59. The number of halogens is 1. The first-order chi connectivity index (χ1) is 9.16. The second-order valence-corrected chi connectivity index (χ2v) is 5.33. The first-order valence-corrected chi connectivity index (χ1v) is 7.06. The van der Waals surface area contributed by atoms with Crippen LogP contribution in [0.2, 0.25) is 5.02 Å². The van der Waals surface area contributed by atoms with E-state index in [-0.39, 0.29) is 5.91 Å². The standard InChI is InChI=1S/C13H14ClN3OS/c1-17(12-8-15-9-19-12)6-5-16-13(18)10-3-2-4-11(14)7-10/h2-4,7-9H,5-6H2,1H3,(H,16,18). The molecule has 0 fully saturated rings. The molecule has 0 saturated heterocycles. The Bertz CT molecular complexity index is 545. The van der Waals surface area contributed by atoms with Crippen molar-refractivity contribution in [3.05, 3.63) is 46.6 Å². The van der Waals surface area contributed by atoms with Gasteiger partial charge in [-0.1, -0.05) is 17.7 Å². The normalized spacial score (nSPS) is 10.2. The first kappa shape index (κ1) is 13.8. The number of rotatable bonds is 5. The van der Waals surface area contributed by atoms with Crippen molar-refractivity contribution >= 4 is 33.8 Å². The third-order valence-electron chi connectivity index (χ3n) is 2.62. The predicted molar refractivity (Wildman–Crippen MR) is 79.2 cm³/mol. The molecule has 0 saturated carbocycles. The molecule has 0 aliphatic heterocycles. The largest absolute Gasteiger partial charge is 0.363 e. The lowest BCUT2D eigenvalue weighted by Crippen LogP contribution is -2.32. The lowest BCUT2D eigenvalue weighted by Gasteiger charge is -2.16. The van der Waals surface area contributed by atoms with E-state index in [1.807, 2.05) is 13.2 Å². The molecular weight excluding hydrogens is 282 g/mol. The Labute approximate surface area is 121 Å². The van der Waals surface area contributed by atoms with Crippen molar-refractivity contribution in [3.8, 4) is 0 Å². The van der Waals surface area contributed by atoms with E-state index in [1.54, 1.807) is 41.1 Å². The zero-order valence-electron chi connectivity index (χ0n) is 10.5. The first-order valence-electron chi connectivity index (χ1n) is 5.80. The van der Waals surface area contributed by atoms with E-state index in [9.17, 15) is 4.79 Å². The van der Waals surface area contributed by atoms with Gasteiger partial charge in [-0.05, 0) is 18.2 Å². The molecule has 0 unspecified atom stereocenters. The van der Waals surface area contributed by atoms with Crippen LogP contribution >= 0.6 is 22.9 Å². The van der Waals surface area contributed by atoms with Crippen LogP contribution in [0.4, 0.5) is 5.00 Å². The molecular formula is C13H14ClN3OS. The molecule has 19 heavy (non-hydrogen) atoms. The molecule has 0 spiro atoms. The molecule has 0 aliphatic rings. The van der Waals surface area contributed by atoms with Gasteiger partial charge in [0, 0.05) is 30.7 Å². The molecule has 100 valence electrons. The van der Waals surface area contributed by atoms with Gasteiger partial charge in [0.25, 0.3) is 5.91 Å². The van der Waals surface area contributed by atoms with Crippen molar-refractivity contribution in [2.24, 2.45) is 0 Å². The minimum Gasteiger partial charge on any atom is -0.363 e. The Balaban J connectivity index is 1.81. The molecule has 1 aromatic carbocycles. The fraction of sp³-hybridized carbons (Fsp3) is 0.231. The number of carbonyl (C=O) groups excluding carboxylic acids is 1. The van der Waals surface area contributed by atoms with Gasteiger partial charge in [-0.2, -0.15) is 0 Å². The summed E-state index contributed by atoms with van der Waals surface area (Å²) in [5, 5.41) is 4.51. The van der Waals surface area contributed by atoms with Crippen LogP contribution in [0.5, 0.6) is 0 Å². The van der Waals surface area contributed by atoms with Crippen LogP contribution in [0.15, 0.2) is 36.0 Å². The number of carbonyl (C=O) groups is 1. The molecule has 0 atom stereocenters. The van der Waals surface area contributed by atoms with Crippen LogP contribution in [0.25, 0.3) is 0 Å². The topological polar surface area (TPSA) is 45.2 Å². The van der Waals surface area contributed by atoms with Gasteiger partial charge in [0.2, 0.25) is 0 Å². The fourth-order valence-electron chi connectivity index (χ4n) is 1.58. The minimum absolute atomic E-state index is 0.111. The molecule has 2 aromatic rings. The number of likely N-dealkylation sites (N-methyl/N-ethyl adjacent to an activating group) is 1. The van der Waals surface area contributed by atoms with E-state index < -0.39 is 0 Å². The quantitative estimate of drug-likeness (QED) is 0.922. The van der Waals surface area contributed by atoms with Gasteiger partial charge in [0.1, 0.15) is 5.00 Å². The van der Waals surface area contributed by atoms with Crippen molar-refractivity contribution in [2.45, 2.75) is 0 Å². The van der Waals surface area contributed by atoms with Crippen LogP contribution in [0.3, 0.4) is 0 Å². The number of hydrogen-bond acceptors (Lipinski definition) is 4. The van der Waals surface area contributed by atoms with Gasteiger partial charge in [-0.3, -0.25) is 9.78 Å². The summed E-state index contributed by atoms with van der Waals surface area (Å²) in [4.78, 5) is 17.9. The van der Waals surface area contributed by atoms with E-state index in [1.165, 1.54) is 0 Å². The van der Waals surface area contributed by atoms with Crippen LogP contribution in [-0.4, -0.2) is 31.0 Å². The highest BCUT2D eigenvalue weighted by Crippen LogP contribution is 2.16. The van der Waals surface area contributed by atoms with Gasteiger partial charge in [-0.15, -0.1) is 11.3 Å². The van der Waals surface area contributed by atoms with Crippen molar-refractivity contribution in [2.75, 3.05) is 25.0 Å². The average molecular weight is 296 g/mol. The zero-order valence-corrected chi connectivity index (χ0v) is 12.0. The number of nitrogens with zero attached hydrogens (tertiary/aromatic N) is 2. The molecule has 1 N–H and O–H groups in total. The van der Waals surface area contributed by atoms with E-state index in [2.05, 4.69) is 15.2 Å². The molecule has 1 heterocycles. The highest BCUT2D eigenvalue weighted by molar-refractivity contribution is 7.13. The maximum Gasteiger partial charge on any atom is 0.251 e. The second kappa shape index (κ2) is 6.54. The smallest absolute Gasteiger partial charge is 0.251 e. The Morgan fingerprint density at radius 3 is 3.05 bits per heavy atom. The molecule has 0 radical (unpaired) electrons. The lowest BCUT2D eigenvalue weighted by molar-refractivity contribution is 0.0955. The number of amides is 1. The molecule has 0 bridgehead atoms. The summed E-state index contributed by atoms with van der Waals surface area (Å²) < 4.78 is 0. The van der Waals surface area contributed by atoms with Crippen LogP contribution in [-0.2, 0) is 0 Å². The van der Waals surface area contributed by atoms with Crippen molar-refractivity contribution < 1.29 is 4.79 Å². The average Bonchev–Trinajstić information content (AvgIpc) is 2.92. The van der Waals surface area contributed by atoms with E-state index >= 15 is 0 Å². The van der Waals surface area contributed by atoms with E-state index in [4.69, 9.17) is 11.6 Å². The monoisotopic (exact) mass is 295 g/mol. The summed E-state index contributed by atoms with van der Waals surface area (Å²) in [6, 6.07) is 6.91. The van der Waals surface area contributed by atoms with Crippen molar-refractivity contribution in [3.63, 3.8) is 0 Å². The number of benzene rings is 1. The Morgan fingerprint density at radius 1 is 1.53 bits per heavy atom. The van der Waals surface area contributed by atoms with Gasteiger partial charge in [0.05, 0.1) is 11.7 Å². The number of anilines is 1. The van der Waals surface area contributed by atoms with Gasteiger partial charge < -0.3 is 10.2 Å². The molecule has 2 rings (SSSR count). The molecule has 1 aromatic heterocycles. The zero-order chi connectivity index (χ0) is 13.7. The number of aromatic nitrogens is 1. The number of hydrogen-bond donors (Lipinski definition) is 1. The van der Waals surface area contributed by atoms with Crippen LogP contribution in [0, 0.1) is 0 Å². The Morgan fingerprint density at radius 2 is 2.37 bits per heavy atom. The maximum absolute atomic E-state index is 11.9. The summed E-state index contributed by atoms with van der Waals surface area (Å²) in [5.41, 5.74) is 2.36. The van der Waals surface area contributed by atoms with Gasteiger partial charge in [0.15, 0.2) is 0 Å². The van der Waals surface area contributed by atoms with Gasteiger partial charge in [-0.25, -0.2) is 0 Å². The van der Waals surface area contributed by atoms with Gasteiger partial charge >= 0.3 is 0 Å². The minimum atomic E-state index is -0.111. The van der Waals surface area contributed by atoms with Crippen molar-refractivity contribution in [1.82, 2.24) is 10.3 Å². The predicted octanol–water partition coefficient (Wildman–Crippen LogP) is 2.66. The summed E-state index contributed by atoms with van der Waals surface area (Å²) in [5.74, 6) is -0.111. The summed E-state index contributed by atoms with van der Waals surface area (Å²) in [7, 11) is 1.97. The highest BCUT2D eigenvalue weighted by Gasteiger charge is 2.06. The fourth-order valence-corrected chi connectivity index (χ4v) is 2.39. The summed E-state index contributed by atoms with van der Waals surface area (Å²) in [6.07, 6.45) is 1.81. The van der Waals surface area contributed by atoms with Crippen LogP contribution in [0.1, 0.15) is 10.4 Å². The molecule has 0 aliphatic carbocycles. The van der Waals surface area contributed by atoms with Crippen molar-refractivity contribution in [1.29, 1.82) is 0 Å². The summed E-state index contributed by atoms with van der Waals surface area (Å²) >= 11 is 7.42. The Kier molecular flexibility index (Phi) is 4.76. The second-order valence-electron chi connectivity index (χ2n) is 4.03. The third-order valence-corrected chi connectivity index (χ3v) is 3.74. The molecule has 6 heteroatoms. The highest BCUT2D eigenvalue weighted by atomic mass is 35.5. The van der Waals surface area contributed by atoms with Crippen LogP contribution < -0.4 is 10.2 Å². The molecule has 4 nitrogen and oxygen atoms in total. The number of thiazole rings is 1. The van der Waals surface area contributed by atoms with E-state index in [0.29, 0.717) is 17.1 Å². The SMILES string of the molecule is CN(CCNC(=O)c1cccc(Cl)c1)c1cncs1.